The minimum Gasteiger partial charge on any atom is -0.358 e. The van der Waals surface area contributed by atoms with E-state index in [0.29, 0.717) is 6.67 Å². The van der Waals surface area contributed by atoms with Crippen LogP contribution in [-0.2, 0) is 0 Å². The summed E-state index contributed by atoms with van der Waals surface area (Å²) < 4.78 is 35.2. The average molecular weight is 178 g/mol. The SMILES string of the molecule is FC(F)(F)CCN1C=CC=NC1. The number of allylic oxidation sites excluding steroid dienone is 1. The summed E-state index contributed by atoms with van der Waals surface area (Å²) in [5.41, 5.74) is 0. The van der Waals surface area contributed by atoms with Crippen LogP contribution in [0.3, 0.4) is 0 Å². The Labute approximate surface area is 68.4 Å². The van der Waals surface area contributed by atoms with Gasteiger partial charge in [0.25, 0.3) is 0 Å². The van der Waals surface area contributed by atoms with E-state index in [2.05, 4.69) is 4.99 Å². The number of rotatable bonds is 2. The zero-order valence-corrected chi connectivity index (χ0v) is 6.38. The molecule has 1 aliphatic heterocycles. The Morgan fingerprint density at radius 2 is 2.17 bits per heavy atom. The van der Waals surface area contributed by atoms with Gasteiger partial charge >= 0.3 is 6.18 Å². The summed E-state index contributed by atoms with van der Waals surface area (Å²) in [7, 11) is 0. The summed E-state index contributed by atoms with van der Waals surface area (Å²) in [5, 5.41) is 0. The van der Waals surface area contributed by atoms with Crippen molar-refractivity contribution in [1.29, 1.82) is 0 Å². The number of aliphatic imine (C=N–C) groups is 1. The lowest BCUT2D eigenvalue weighted by Crippen LogP contribution is -2.25. The number of hydrogen-bond acceptors (Lipinski definition) is 2. The highest BCUT2D eigenvalue weighted by molar-refractivity contribution is 5.71. The minimum atomic E-state index is -4.07. The molecular formula is C7H9F3N2. The molecule has 0 unspecified atom stereocenters. The highest BCUT2D eigenvalue weighted by Crippen LogP contribution is 2.19. The lowest BCUT2D eigenvalue weighted by molar-refractivity contribution is -0.136. The summed E-state index contributed by atoms with van der Waals surface area (Å²) in [5.74, 6) is 0. The van der Waals surface area contributed by atoms with Gasteiger partial charge in [0.15, 0.2) is 0 Å². The predicted octanol–water partition coefficient (Wildman–Crippen LogP) is 1.80. The first kappa shape index (κ1) is 9.09. The smallest absolute Gasteiger partial charge is 0.358 e. The Balaban J connectivity index is 2.24. The molecule has 0 aliphatic carbocycles. The fourth-order valence-electron chi connectivity index (χ4n) is 0.836. The molecule has 1 rings (SSSR count). The number of halogens is 3. The Morgan fingerprint density at radius 3 is 2.67 bits per heavy atom. The maximum absolute atomic E-state index is 11.7. The number of nitrogens with zero attached hydrogens (tertiary/aromatic N) is 2. The second-order valence-corrected chi connectivity index (χ2v) is 2.49. The van der Waals surface area contributed by atoms with Crippen LogP contribution in [0.1, 0.15) is 6.42 Å². The molecule has 0 fully saturated rings. The molecule has 12 heavy (non-hydrogen) atoms. The average Bonchev–Trinajstić information content (AvgIpc) is 2.02. The van der Waals surface area contributed by atoms with Crippen molar-refractivity contribution in [3.05, 3.63) is 12.3 Å². The molecule has 0 N–H and O–H groups in total. The monoisotopic (exact) mass is 178 g/mol. The van der Waals surface area contributed by atoms with Crippen molar-refractivity contribution < 1.29 is 13.2 Å². The van der Waals surface area contributed by atoms with Crippen molar-refractivity contribution in [2.75, 3.05) is 13.2 Å². The van der Waals surface area contributed by atoms with E-state index in [-0.39, 0.29) is 6.54 Å². The van der Waals surface area contributed by atoms with Gasteiger partial charge in [0.05, 0.1) is 6.42 Å². The largest absolute Gasteiger partial charge is 0.390 e. The predicted molar refractivity (Wildman–Crippen MR) is 39.9 cm³/mol. The van der Waals surface area contributed by atoms with Crippen molar-refractivity contribution in [1.82, 2.24) is 4.90 Å². The van der Waals surface area contributed by atoms with Crippen molar-refractivity contribution in [2.24, 2.45) is 4.99 Å². The normalized spacial score (nSPS) is 17.1. The van der Waals surface area contributed by atoms with Gasteiger partial charge in [-0.15, -0.1) is 0 Å². The molecule has 0 aromatic heterocycles. The fraction of sp³-hybridized carbons (Fsp3) is 0.571. The molecule has 0 atom stereocenters. The van der Waals surface area contributed by atoms with Crippen LogP contribution in [0.2, 0.25) is 0 Å². The second-order valence-electron chi connectivity index (χ2n) is 2.49. The molecule has 0 bridgehead atoms. The fourth-order valence-corrected chi connectivity index (χ4v) is 0.836. The van der Waals surface area contributed by atoms with Crippen molar-refractivity contribution in [3.63, 3.8) is 0 Å². The molecule has 0 spiro atoms. The molecule has 0 saturated carbocycles. The molecule has 1 heterocycles. The van der Waals surface area contributed by atoms with E-state index in [4.69, 9.17) is 0 Å². The molecule has 0 aromatic carbocycles. The first-order valence-corrected chi connectivity index (χ1v) is 3.55. The lowest BCUT2D eigenvalue weighted by atomic mass is 10.4. The Kier molecular flexibility index (Phi) is 2.73. The van der Waals surface area contributed by atoms with Crippen molar-refractivity contribution in [2.45, 2.75) is 12.6 Å². The van der Waals surface area contributed by atoms with E-state index in [0.717, 1.165) is 0 Å². The topological polar surface area (TPSA) is 15.6 Å². The summed E-state index contributed by atoms with van der Waals surface area (Å²) in [6.45, 7) is 0.309. The summed E-state index contributed by atoms with van der Waals surface area (Å²) in [4.78, 5) is 5.33. The van der Waals surface area contributed by atoms with Gasteiger partial charge in [-0.3, -0.25) is 4.99 Å². The van der Waals surface area contributed by atoms with Gasteiger partial charge in [-0.2, -0.15) is 13.2 Å². The van der Waals surface area contributed by atoms with Crippen LogP contribution in [-0.4, -0.2) is 30.5 Å². The molecular weight excluding hydrogens is 169 g/mol. The molecule has 0 saturated heterocycles. The minimum absolute atomic E-state index is 0.0165. The highest BCUT2D eigenvalue weighted by Gasteiger charge is 2.27. The maximum Gasteiger partial charge on any atom is 0.390 e. The van der Waals surface area contributed by atoms with Gasteiger partial charge in [-0.25, -0.2) is 0 Å². The quantitative estimate of drug-likeness (QED) is 0.629. The molecule has 0 amide bonds. The Hall–Kier alpha value is -1.00. The van der Waals surface area contributed by atoms with Gasteiger partial charge in [0, 0.05) is 19.0 Å². The molecule has 68 valence electrons. The van der Waals surface area contributed by atoms with Crippen LogP contribution in [0.15, 0.2) is 17.3 Å². The van der Waals surface area contributed by atoms with E-state index in [1.807, 2.05) is 0 Å². The van der Waals surface area contributed by atoms with Crippen molar-refractivity contribution in [3.8, 4) is 0 Å². The van der Waals surface area contributed by atoms with Gasteiger partial charge < -0.3 is 4.90 Å². The van der Waals surface area contributed by atoms with Gasteiger partial charge in [0.2, 0.25) is 0 Å². The highest BCUT2D eigenvalue weighted by atomic mass is 19.4. The van der Waals surface area contributed by atoms with Crippen LogP contribution in [0.4, 0.5) is 13.2 Å². The first-order valence-electron chi connectivity index (χ1n) is 3.55. The van der Waals surface area contributed by atoms with Crippen LogP contribution < -0.4 is 0 Å². The molecule has 5 heteroatoms. The molecule has 0 aromatic rings. The van der Waals surface area contributed by atoms with E-state index >= 15 is 0 Å². The van der Waals surface area contributed by atoms with Crippen LogP contribution >= 0.6 is 0 Å². The van der Waals surface area contributed by atoms with Crippen LogP contribution in [0, 0.1) is 0 Å². The third-order valence-corrected chi connectivity index (χ3v) is 1.43. The van der Waals surface area contributed by atoms with E-state index in [1.165, 1.54) is 4.90 Å². The van der Waals surface area contributed by atoms with Gasteiger partial charge in [-0.05, 0) is 6.08 Å². The lowest BCUT2D eigenvalue weighted by Gasteiger charge is -2.20. The standard InChI is InChI=1S/C7H9F3N2/c8-7(9,10)2-5-12-4-1-3-11-6-12/h1,3-4H,2,5-6H2. The summed E-state index contributed by atoms with van der Waals surface area (Å²) in [6, 6.07) is 0. The zero-order chi connectivity index (χ0) is 9.03. The van der Waals surface area contributed by atoms with Crippen LogP contribution in [0.5, 0.6) is 0 Å². The Morgan fingerprint density at radius 1 is 1.42 bits per heavy atom. The molecule has 0 radical (unpaired) electrons. The van der Waals surface area contributed by atoms with Crippen molar-refractivity contribution >= 4 is 6.21 Å². The third kappa shape index (κ3) is 3.41. The third-order valence-electron chi connectivity index (χ3n) is 1.43. The number of alkyl halides is 3. The van der Waals surface area contributed by atoms with E-state index in [1.54, 1.807) is 18.5 Å². The Bertz CT molecular complexity index is 195. The van der Waals surface area contributed by atoms with Gasteiger partial charge in [-0.1, -0.05) is 0 Å². The van der Waals surface area contributed by atoms with E-state index in [9.17, 15) is 13.2 Å². The van der Waals surface area contributed by atoms with E-state index < -0.39 is 12.6 Å². The maximum atomic E-state index is 11.7. The van der Waals surface area contributed by atoms with Gasteiger partial charge in [0.1, 0.15) is 6.67 Å². The molecule has 1 aliphatic rings. The molecule has 2 nitrogen and oxygen atoms in total. The second kappa shape index (κ2) is 3.60. The first-order chi connectivity index (χ1) is 5.58. The summed E-state index contributed by atoms with van der Waals surface area (Å²) >= 11 is 0. The van der Waals surface area contributed by atoms with Crippen LogP contribution in [0.25, 0.3) is 0 Å². The number of hydrogen-bond donors (Lipinski definition) is 0. The summed E-state index contributed by atoms with van der Waals surface area (Å²) in [6.07, 6.45) is -0.0510. The zero-order valence-electron chi connectivity index (χ0n) is 6.38.